The molecule has 1 unspecified atom stereocenters. The van der Waals surface area contributed by atoms with Gasteiger partial charge in [0.15, 0.2) is 0 Å². The van der Waals surface area contributed by atoms with Crippen molar-refractivity contribution in [2.45, 2.75) is 58.8 Å². The van der Waals surface area contributed by atoms with Crippen LogP contribution in [0.4, 0.5) is 0 Å². The van der Waals surface area contributed by atoms with Gasteiger partial charge in [0.25, 0.3) is 0 Å². The molecule has 1 amide bonds. The second-order valence-electron chi connectivity index (χ2n) is 4.59. The van der Waals surface area contributed by atoms with Gasteiger partial charge in [0.05, 0.1) is 12.2 Å². The van der Waals surface area contributed by atoms with Crippen molar-refractivity contribution in [3.63, 3.8) is 0 Å². The summed E-state index contributed by atoms with van der Waals surface area (Å²) in [4.78, 5) is 11.7. The number of rotatable bonds is 2. The molecule has 3 atom stereocenters. The van der Waals surface area contributed by atoms with Crippen molar-refractivity contribution in [3.05, 3.63) is 0 Å². The predicted octanol–water partition coefficient (Wildman–Crippen LogP) is 1.71. The first-order valence-electron chi connectivity index (χ1n) is 5.45. The molecule has 3 heteroatoms. The Balaban J connectivity index is 2.46. The second kappa shape index (κ2) is 4.78. The topological polar surface area (TPSA) is 38.3 Å². The van der Waals surface area contributed by atoms with Crippen LogP contribution in [0.1, 0.15) is 40.5 Å². The van der Waals surface area contributed by atoms with Crippen LogP contribution in [0.2, 0.25) is 0 Å². The number of ether oxygens (including phenoxy) is 1. The molecular weight excluding hydrogens is 178 g/mol. The van der Waals surface area contributed by atoms with E-state index in [0.717, 1.165) is 12.8 Å². The van der Waals surface area contributed by atoms with Crippen molar-refractivity contribution in [1.29, 1.82) is 0 Å². The Morgan fingerprint density at radius 2 is 1.79 bits per heavy atom. The summed E-state index contributed by atoms with van der Waals surface area (Å²) in [7, 11) is 0. The van der Waals surface area contributed by atoms with E-state index in [2.05, 4.69) is 5.32 Å². The molecule has 0 radical (unpaired) electrons. The molecule has 82 valence electrons. The number of nitrogens with one attached hydrogen (secondary N) is 1. The Hall–Kier alpha value is -0.570. The summed E-state index contributed by atoms with van der Waals surface area (Å²) < 4.78 is 5.59. The van der Waals surface area contributed by atoms with Gasteiger partial charge in [0.1, 0.15) is 0 Å². The van der Waals surface area contributed by atoms with E-state index in [1.54, 1.807) is 0 Å². The lowest BCUT2D eigenvalue weighted by Gasteiger charge is -2.31. The lowest BCUT2D eigenvalue weighted by Crippen LogP contribution is -2.41. The first kappa shape index (κ1) is 11.5. The van der Waals surface area contributed by atoms with Crippen LogP contribution in [0.25, 0.3) is 0 Å². The zero-order chi connectivity index (χ0) is 10.7. The Morgan fingerprint density at radius 1 is 1.29 bits per heavy atom. The SMILES string of the molecule is CC(C)NC(=O)C1C[C@@H](C)O[C@@H](C)C1. The maximum Gasteiger partial charge on any atom is 0.223 e. The van der Waals surface area contributed by atoms with Crippen molar-refractivity contribution in [3.8, 4) is 0 Å². The highest BCUT2D eigenvalue weighted by Gasteiger charge is 2.29. The van der Waals surface area contributed by atoms with E-state index >= 15 is 0 Å². The van der Waals surface area contributed by atoms with Gasteiger partial charge in [-0.1, -0.05) is 0 Å². The molecule has 3 nitrogen and oxygen atoms in total. The van der Waals surface area contributed by atoms with E-state index in [9.17, 15) is 4.79 Å². The molecule has 1 aliphatic rings. The molecule has 0 bridgehead atoms. The fourth-order valence-corrected chi connectivity index (χ4v) is 2.02. The maximum absolute atomic E-state index is 11.7. The summed E-state index contributed by atoms with van der Waals surface area (Å²) >= 11 is 0. The maximum atomic E-state index is 11.7. The van der Waals surface area contributed by atoms with E-state index in [0.29, 0.717) is 0 Å². The normalized spacial score (nSPS) is 33.1. The van der Waals surface area contributed by atoms with Crippen LogP contribution < -0.4 is 5.32 Å². The van der Waals surface area contributed by atoms with Crippen molar-refractivity contribution in [1.82, 2.24) is 5.32 Å². The molecule has 1 saturated heterocycles. The smallest absolute Gasteiger partial charge is 0.223 e. The van der Waals surface area contributed by atoms with E-state index < -0.39 is 0 Å². The zero-order valence-corrected chi connectivity index (χ0v) is 9.54. The quantitative estimate of drug-likeness (QED) is 0.735. The molecule has 14 heavy (non-hydrogen) atoms. The first-order chi connectivity index (χ1) is 6.49. The largest absolute Gasteiger partial charge is 0.376 e. The van der Waals surface area contributed by atoms with Gasteiger partial charge in [-0.05, 0) is 40.5 Å². The molecule has 0 aromatic heterocycles. The van der Waals surface area contributed by atoms with Crippen LogP contribution in [0, 0.1) is 5.92 Å². The van der Waals surface area contributed by atoms with Gasteiger partial charge in [0.2, 0.25) is 5.91 Å². The third-order valence-corrected chi connectivity index (χ3v) is 2.50. The van der Waals surface area contributed by atoms with Gasteiger partial charge in [-0.2, -0.15) is 0 Å². The molecule has 0 spiro atoms. The molecule has 0 aromatic rings. The number of hydrogen-bond donors (Lipinski definition) is 1. The van der Waals surface area contributed by atoms with E-state index in [1.807, 2.05) is 27.7 Å². The molecule has 0 saturated carbocycles. The fourth-order valence-electron chi connectivity index (χ4n) is 2.02. The van der Waals surface area contributed by atoms with Gasteiger partial charge in [-0.3, -0.25) is 4.79 Å². The minimum Gasteiger partial charge on any atom is -0.376 e. The van der Waals surface area contributed by atoms with Crippen LogP contribution in [0.5, 0.6) is 0 Å². The molecule has 1 rings (SSSR count). The van der Waals surface area contributed by atoms with Crippen molar-refractivity contribution in [2.24, 2.45) is 5.92 Å². The highest BCUT2D eigenvalue weighted by atomic mass is 16.5. The van der Waals surface area contributed by atoms with Crippen LogP contribution in [-0.4, -0.2) is 24.2 Å². The average Bonchev–Trinajstić information content (AvgIpc) is 2.00. The molecule has 1 fully saturated rings. The number of carbonyl (C=O) groups is 1. The third kappa shape index (κ3) is 3.29. The highest BCUT2D eigenvalue weighted by Crippen LogP contribution is 2.24. The third-order valence-electron chi connectivity index (χ3n) is 2.50. The predicted molar refractivity (Wildman–Crippen MR) is 56.0 cm³/mol. The minimum absolute atomic E-state index is 0.135. The summed E-state index contributed by atoms with van der Waals surface area (Å²) in [5.41, 5.74) is 0. The van der Waals surface area contributed by atoms with E-state index in [1.165, 1.54) is 0 Å². The first-order valence-corrected chi connectivity index (χ1v) is 5.45. The van der Waals surface area contributed by atoms with Crippen molar-refractivity contribution in [2.75, 3.05) is 0 Å². The molecule has 0 aromatic carbocycles. The molecule has 1 heterocycles. The number of amides is 1. The van der Waals surface area contributed by atoms with Crippen LogP contribution in [0.15, 0.2) is 0 Å². The Kier molecular flexibility index (Phi) is 3.93. The monoisotopic (exact) mass is 199 g/mol. The van der Waals surface area contributed by atoms with Gasteiger partial charge < -0.3 is 10.1 Å². The van der Waals surface area contributed by atoms with Crippen LogP contribution in [0.3, 0.4) is 0 Å². The fraction of sp³-hybridized carbons (Fsp3) is 0.909. The molecule has 1 N–H and O–H groups in total. The van der Waals surface area contributed by atoms with Gasteiger partial charge >= 0.3 is 0 Å². The Morgan fingerprint density at radius 3 is 2.21 bits per heavy atom. The van der Waals surface area contributed by atoms with Crippen LogP contribution >= 0.6 is 0 Å². The van der Waals surface area contributed by atoms with E-state index in [4.69, 9.17) is 4.74 Å². The molecule has 1 aliphatic heterocycles. The van der Waals surface area contributed by atoms with E-state index in [-0.39, 0.29) is 30.1 Å². The second-order valence-corrected chi connectivity index (χ2v) is 4.59. The van der Waals surface area contributed by atoms with Crippen molar-refractivity contribution >= 4 is 5.91 Å². The Labute approximate surface area is 86.2 Å². The summed E-state index contributed by atoms with van der Waals surface area (Å²) in [5.74, 6) is 0.318. The summed E-state index contributed by atoms with van der Waals surface area (Å²) in [6, 6.07) is 0.232. The lowest BCUT2D eigenvalue weighted by molar-refractivity contribution is -0.133. The molecule has 0 aliphatic carbocycles. The van der Waals surface area contributed by atoms with Crippen molar-refractivity contribution < 1.29 is 9.53 Å². The van der Waals surface area contributed by atoms with Gasteiger partial charge in [-0.25, -0.2) is 0 Å². The Bertz CT molecular complexity index is 193. The lowest BCUT2D eigenvalue weighted by atomic mass is 9.91. The summed E-state index contributed by atoms with van der Waals surface area (Å²) in [6.45, 7) is 8.05. The number of hydrogen-bond acceptors (Lipinski definition) is 2. The van der Waals surface area contributed by atoms with Gasteiger partial charge in [0, 0.05) is 12.0 Å². The summed E-state index contributed by atoms with van der Waals surface area (Å²) in [5, 5.41) is 2.96. The van der Waals surface area contributed by atoms with Gasteiger partial charge in [-0.15, -0.1) is 0 Å². The summed E-state index contributed by atoms with van der Waals surface area (Å²) in [6.07, 6.45) is 2.12. The molecular formula is C11H21NO2. The number of carbonyl (C=O) groups excluding carboxylic acids is 1. The van der Waals surface area contributed by atoms with Crippen LogP contribution in [-0.2, 0) is 9.53 Å². The minimum atomic E-state index is 0.135. The average molecular weight is 199 g/mol. The highest BCUT2D eigenvalue weighted by molar-refractivity contribution is 5.79. The standard InChI is InChI=1S/C11H21NO2/c1-7(2)12-11(13)10-5-8(3)14-9(4)6-10/h7-10H,5-6H2,1-4H3,(H,12,13)/t8-,9+,10?. The zero-order valence-electron chi connectivity index (χ0n) is 9.54.